The first kappa shape index (κ1) is 55.6. The molecule has 4 N–H and O–H groups in total. The van der Waals surface area contributed by atoms with E-state index in [-0.39, 0.29) is 87.3 Å². The number of aromatic hydroxyl groups is 1. The smallest absolute Gasteiger partial charge is 0.871 e. The molecule has 0 heterocycles. The van der Waals surface area contributed by atoms with Gasteiger partial charge in [-0.3, -0.25) is 18.9 Å². The van der Waals surface area contributed by atoms with Crippen molar-refractivity contribution in [2.24, 2.45) is 25.4 Å². The van der Waals surface area contributed by atoms with E-state index in [2.05, 4.69) is 30.8 Å². The van der Waals surface area contributed by atoms with Crippen LogP contribution in [0.2, 0.25) is 10.0 Å². The maximum absolute atomic E-state index is 13.3. The molecule has 368 valence electrons. The van der Waals surface area contributed by atoms with Gasteiger partial charge in [0, 0.05) is 20.8 Å². The molecule has 0 atom stereocenters. The predicted molar refractivity (Wildman–Crippen MR) is 275 cm³/mol. The molecule has 8 rings (SSSR count). The third kappa shape index (κ3) is 12.7. The number of anilines is 1. The number of fused-ring (bicyclic) bond motifs is 2. The zero-order valence-electron chi connectivity index (χ0n) is 38.7. The Bertz CT molecular complexity index is 3790. The standard InChI is InChI=1S/2C25H20ClN3O6S.Ca/c2*1-14-11-20(22(13-18(14)26)36(32,33)34)28-29-23-16-8-4-3-7-15(16)12-17(24(23)30)25(31)27-19-9-5-6-10-21(19)35-2;/h2*3-13,30H,1-2H3,(H,27,31)(H,32,33,34);/q;;+2/p-2. The van der Waals surface area contributed by atoms with Crippen LogP contribution in [0, 0.1) is 13.8 Å². The van der Waals surface area contributed by atoms with Crippen LogP contribution in [0.4, 0.5) is 34.1 Å². The molecule has 0 saturated carbocycles. The number of nitrogens with zero attached hydrogens (tertiary/aromatic N) is 5. The average Bonchev–Trinajstić information content (AvgIpc) is 3.34. The molecule has 23 heteroatoms. The number of aliphatic imine (C=N–C) groups is 1. The Morgan fingerprint density at radius 2 is 1.05 bits per heavy atom. The Balaban J connectivity index is 0.000000235. The van der Waals surface area contributed by atoms with Crippen molar-refractivity contribution < 1.29 is 55.5 Å². The minimum Gasteiger partial charge on any atom is -0.871 e. The summed E-state index contributed by atoms with van der Waals surface area (Å²) >= 11 is 12.0. The molecule has 8 aromatic carbocycles. The molecule has 1 amide bonds. The second kappa shape index (κ2) is 23.4. The second-order valence-electron chi connectivity index (χ2n) is 15.4. The summed E-state index contributed by atoms with van der Waals surface area (Å²) in [6.45, 7) is 3.24. The van der Waals surface area contributed by atoms with Gasteiger partial charge in [-0.15, -0.1) is 15.3 Å². The zero-order valence-corrected chi connectivity index (χ0v) is 44.1. The van der Waals surface area contributed by atoms with Gasteiger partial charge in [-0.2, -0.15) is 21.9 Å². The van der Waals surface area contributed by atoms with Crippen LogP contribution in [0.1, 0.15) is 27.0 Å². The number of aryl methyl sites for hydroxylation is 2. The normalized spacial score (nSPS) is 11.9. The average molecular weight is 1090 g/mol. The summed E-state index contributed by atoms with van der Waals surface area (Å²) in [5, 5.41) is 58.3. The summed E-state index contributed by atoms with van der Waals surface area (Å²) in [6, 6.07) is 34.6. The van der Waals surface area contributed by atoms with Crippen LogP contribution < -0.4 is 25.0 Å². The first-order chi connectivity index (χ1) is 34.2. The monoisotopic (exact) mass is 1090 g/mol. The number of benzene rings is 8. The molecule has 0 fully saturated rings. The van der Waals surface area contributed by atoms with E-state index in [0.717, 1.165) is 12.1 Å². The number of amides is 1. The molecule has 0 aliphatic carbocycles. The van der Waals surface area contributed by atoms with Gasteiger partial charge in [0.05, 0.1) is 31.2 Å². The summed E-state index contributed by atoms with van der Waals surface area (Å²) in [6.07, 6.45) is 0. The van der Waals surface area contributed by atoms with Gasteiger partial charge in [-0.25, -0.2) is 0 Å². The number of carbonyl (C=O) groups excluding carboxylic acids is 1. The Labute approximate surface area is 457 Å². The maximum atomic E-state index is 13.3. The molecule has 0 spiro atoms. The molecular weight excluding hydrogens is 1050 g/mol. The van der Waals surface area contributed by atoms with Gasteiger partial charge >= 0.3 is 37.7 Å². The van der Waals surface area contributed by atoms with Crippen molar-refractivity contribution in [2.75, 3.05) is 19.5 Å². The zero-order chi connectivity index (χ0) is 52.1. The van der Waals surface area contributed by atoms with Gasteiger partial charge in [-0.1, -0.05) is 102 Å². The van der Waals surface area contributed by atoms with Gasteiger partial charge in [0.25, 0.3) is 26.1 Å². The van der Waals surface area contributed by atoms with Crippen LogP contribution in [0.15, 0.2) is 169 Å². The minimum absolute atomic E-state index is 0. The topological polar surface area (TPSA) is 284 Å². The van der Waals surface area contributed by atoms with E-state index >= 15 is 0 Å². The molecule has 0 aliphatic rings. The van der Waals surface area contributed by atoms with Crippen LogP contribution in [0.25, 0.3) is 21.5 Å². The summed E-state index contributed by atoms with van der Waals surface area (Å²) in [5.74, 6) is -1.87. The van der Waals surface area contributed by atoms with E-state index in [9.17, 15) is 46.1 Å². The molecule has 0 radical (unpaired) electrons. The van der Waals surface area contributed by atoms with Gasteiger partial charge < -0.3 is 30.1 Å². The van der Waals surface area contributed by atoms with Gasteiger partial charge in [0.15, 0.2) is 5.75 Å². The third-order valence-corrected chi connectivity index (χ3v) is 13.2. The first-order valence-electron chi connectivity index (χ1n) is 20.9. The fourth-order valence-electron chi connectivity index (χ4n) is 7.06. The van der Waals surface area contributed by atoms with Crippen molar-refractivity contribution in [1.29, 1.82) is 0 Å². The molecule has 0 aliphatic heterocycles. The molecule has 8 aromatic rings. The van der Waals surface area contributed by atoms with Crippen molar-refractivity contribution in [3.63, 3.8) is 0 Å². The molecule has 0 bridgehead atoms. The Hall–Kier alpha value is -6.72. The third-order valence-electron chi connectivity index (χ3n) is 10.7. The summed E-state index contributed by atoms with van der Waals surface area (Å²) < 4.78 is 77.1. The van der Waals surface area contributed by atoms with E-state index in [1.54, 1.807) is 111 Å². The number of hydrogen-bond acceptors (Lipinski definition) is 15. The van der Waals surface area contributed by atoms with Crippen LogP contribution in [0.3, 0.4) is 0 Å². The van der Waals surface area contributed by atoms with Crippen LogP contribution in [0.5, 0.6) is 23.0 Å². The van der Waals surface area contributed by atoms with Gasteiger partial charge in [-0.05, 0) is 108 Å². The minimum atomic E-state index is -4.69. The number of phenols is 1. The Morgan fingerprint density at radius 1 is 0.603 bits per heavy atom. The Kier molecular flexibility index (Phi) is 17.8. The maximum Gasteiger partial charge on any atom is 2.00 e. The molecular formula is C50H38CaCl2N6O12S2. The van der Waals surface area contributed by atoms with E-state index in [4.69, 9.17) is 32.7 Å². The molecule has 18 nitrogen and oxygen atoms in total. The van der Waals surface area contributed by atoms with Crippen LogP contribution in [-0.2, 0) is 20.2 Å². The van der Waals surface area contributed by atoms with Crippen molar-refractivity contribution in [2.45, 2.75) is 23.6 Å². The predicted octanol–water partition coefficient (Wildman–Crippen LogP) is 11.0. The molecule has 0 aromatic heterocycles. The number of hydrogen-bond donors (Lipinski definition) is 4. The van der Waals surface area contributed by atoms with E-state index < -0.39 is 53.3 Å². The number of methoxy groups -OCH3 is 2. The van der Waals surface area contributed by atoms with Crippen LogP contribution >= 0.6 is 23.2 Å². The number of azo groups is 2. The largest absolute Gasteiger partial charge is 2.00 e. The van der Waals surface area contributed by atoms with Crippen LogP contribution in [-0.4, -0.2) is 94.8 Å². The molecule has 0 unspecified atom stereocenters. The summed E-state index contributed by atoms with van der Waals surface area (Å²) in [4.78, 5) is 16.0. The van der Waals surface area contributed by atoms with E-state index in [1.165, 1.54) is 38.5 Å². The summed E-state index contributed by atoms with van der Waals surface area (Å²) in [5.41, 5.74) is 0.608. The summed E-state index contributed by atoms with van der Waals surface area (Å²) in [7, 11) is -6.45. The van der Waals surface area contributed by atoms with Crippen molar-refractivity contribution in [1.82, 2.24) is 0 Å². The number of phenolic OH excluding ortho intramolecular Hbond substituents is 1. The number of halogens is 2. The number of para-hydroxylation sites is 4. The number of rotatable bonds is 12. The van der Waals surface area contributed by atoms with E-state index in [0.29, 0.717) is 49.9 Å². The second-order valence-corrected chi connectivity index (χ2v) is 19.0. The number of carbonyl (C=O) groups is 1. The molecule has 73 heavy (non-hydrogen) atoms. The molecule has 0 saturated heterocycles. The Morgan fingerprint density at radius 3 is 1.59 bits per heavy atom. The van der Waals surface area contributed by atoms with Crippen molar-refractivity contribution >= 4 is 149 Å². The fourth-order valence-corrected chi connectivity index (χ4v) is 8.78. The van der Waals surface area contributed by atoms with Gasteiger partial charge in [0.1, 0.15) is 44.0 Å². The first-order valence-corrected chi connectivity index (χ1v) is 24.5. The number of ether oxygens (including phenoxy) is 2. The van der Waals surface area contributed by atoms with Crippen molar-refractivity contribution in [3.8, 4) is 23.0 Å². The van der Waals surface area contributed by atoms with Crippen molar-refractivity contribution in [3.05, 3.63) is 166 Å². The quantitative estimate of drug-likeness (QED) is 0.0292. The fraction of sp³-hybridized carbons (Fsp3) is 0.0800. The van der Waals surface area contributed by atoms with Gasteiger partial charge in [0.2, 0.25) is 0 Å². The SMILES string of the molecule is COc1ccccc1N=C([O-])c1cc2ccccc2c(N=Nc2cc(C)c(Cl)cc2S(=O)(=O)O)c1[O-].COc1ccccc1NC(=O)c1cc2ccccc2c(N=Nc2cc(C)c(Cl)cc2S(=O)(=O)O)c1O.[Ca+2]. The number of nitrogens with one attached hydrogen (secondary N) is 1. The van der Waals surface area contributed by atoms with E-state index in [1.807, 2.05) is 0 Å².